The molecule has 0 spiro atoms. The summed E-state index contributed by atoms with van der Waals surface area (Å²) >= 11 is 0. The Morgan fingerprint density at radius 2 is 2.05 bits per heavy atom. The van der Waals surface area contributed by atoms with Gasteiger partial charge in [-0.25, -0.2) is 0 Å². The van der Waals surface area contributed by atoms with E-state index in [0.29, 0.717) is 6.04 Å². The Morgan fingerprint density at radius 1 is 1.24 bits per heavy atom. The molecule has 0 bridgehead atoms. The molecule has 0 aliphatic heterocycles. The fraction of sp³-hybridized carbons (Fsp3) is 0.647. The van der Waals surface area contributed by atoms with E-state index in [4.69, 9.17) is 0 Å². The summed E-state index contributed by atoms with van der Waals surface area (Å²) in [4.78, 5) is 10.6. The molecule has 0 radical (unpaired) electrons. The van der Waals surface area contributed by atoms with Gasteiger partial charge in [0.05, 0.1) is 4.92 Å². The number of hydrogen-bond acceptors (Lipinski definition) is 3. The van der Waals surface area contributed by atoms with E-state index in [-0.39, 0.29) is 16.7 Å². The van der Waals surface area contributed by atoms with Gasteiger partial charge >= 0.3 is 0 Å². The smallest absolute Gasteiger partial charge is 0.269 e. The van der Waals surface area contributed by atoms with Gasteiger partial charge in [-0.15, -0.1) is 0 Å². The first kappa shape index (κ1) is 14.5. The van der Waals surface area contributed by atoms with Gasteiger partial charge in [0.15, 0.2) is 0 Å². The largest absolute Gasteiger partial charge is 0.307 e. The zero-order valence-corrected chi connectivity index (χ0v) is 12.6. The van der Waals surface area contributed by atoms with Gasteiger partial charge in [-0.2, -0.15) is 0 Å². The van der Waals surface area contributed by atoms with Gasteiger partial charge in [0.1, 0.15) is 0 Å². The van der Waals surface area contributed by atoms with E-state index < -0.39 is 0 Å². The second-order valence-corrected chi connectivity index (χ2v) is 6.70. The lowest BCUT2D eigenvalue weighted by atomic mass is 9.82. The summed E-state index contributed by atoms with van der Waals surface area (Å²) in [6.07, 6.45) is 8.09. The average Bonchev–Trinajstić information content (AvgIpc) is 3.32. The van der Waals surface area contributed by atoms with Crippen LogP contribution in [0.5, 0.6) is 0 Å². The Balaban J connectivity index is 1.61. The van der Waals surface area contributed by atoms with Crippen LogP contribution in [0.1, 0.15) is 57.1 Å². The highest BCUT2D eigenvalue weighted by Gasteiger charge is 2.34. The minimum absolute atomic E-state index is 0.174. The number of rotatable bonds is 5. The summed E-state index contributed by atoms with van der Waals surface area (Å²) in [5.74, 6) is 1.90. The quantitative estimate of drug-likeness (QED) is 0.652. The maximum Gasteiger partial charge on any atom is 0.269 e. The molecule has 4 heteroatoms. The molecule has 3 unspecified atom stereocenters. The second-order valence-electron chi connectivity index (χ2n) is 6.70. The van der Waals surface area contributed by atoms with Crippen LogP contribution in [-0.4, -0.2) is 11.0 Å². The number of non-ortho nitro benzene ring substituents is 1. The molecule has 1 aromatic carbocycles. The molecule has 2 fully saturated rings. The van der Waals surface area contributed by atoms with Crippen molar-refractivity contribution in [3.63, 3.8) is 0 Å². The van der Waals surface area contributed by atoms with Crippen LogP contribution in [0.2, 0.25) is 0 Å². The topological polar surface area (TPSA) is 55.2 Å². The Bertz CT molecular complexity index is 513. The average molecular weight is 288 g/mol. The van der Waals surface area contributed by atoms with Gasteiger partial charge in [-0.05, 0) is 50.0 Å². The van der Waals surface area contributed by atoms with Gasteiger partial charge in [0.25, 0.3) is 5.69 Å². The van der Waals surface area contributed by atoms with E-state index in [0.717, 1.165) is 17.4 Å². The first-order valence-corrected chi connectivity index (χ1v) is 8.14. The number of nitro groups is 1. The fourth-order valence-electron chi connectivity index (χ4n) is 3.73. The van der Waals surface area contributed by atoms with Crippen molar-refractivity contribution in [3.8, 4) is 0 Å². The molecule has 0 heterocycles. The van der Waals surface area contributed by atoms with Crippen LogP contribution in [0.4, 0.5) is 5.69 Å². The van der Waals surface area contributed by atoms with Crippen molar-refractivity contribution in [1.82, 2.24) is 5.32 Å². The van der Waals surface area contributed by atoms with Crippen molar-refractivity contribution in [2.45, 2.75) is 57.5 Å². The molecule has 3 atom stereocenters. The Morgan fingerprint density at radius 3 is 2.76 bits per heavy atom. The highest BCUT2D eigenvalue weighted by molar-refractivity contribution is 5.35. The predicted octanol–water partition coefficient (Wildman–Crippen LogP) is 4.21. The lowest BCUT2D eigenvalue weighted by Crippen LogP contribution is -2.36. The van der Waals surface area contributed by atoms with Crippen molar-refractivity contribution in [3.05, 3.63) is 39.9 Å². The molecule has 0 amide bonds. The zero-order valence-electron chi connectivity index (χ0n) is 12.6. The molecule has 2 aliphatic rings. The van der Waals surface area contributed by atoms with Gasteiger partial charge in [-0.3, -0.25) is 10.1 Å². The molecule has 2 aliphatic carbocycles. The van der Waals surface area contributed by atoms with E-state index in [2.05, 4.69) is 12.2 Å². The molecule has 0 saturated heterocycles. The fourth-order valence-corrected chi connectivity index (χ4v) is 3.73. The number of nitro benzene ring substituents is 1. The third-order valence-electron chi connectivity index (χ3n) is 5.07. The van der Waals surface area contributed by atoms with Crippen LogP contribution < -0.4 is 5.32 Å². The zero-order chi connectivity index (χ0) is 14.8. The molecule has 0 aromatic heterocycles. The van der Waals surface area contributed by atoms with Crippen LogP contribution >= 0.6 is 0 Å². The second kappa shape index (κ2) is 6.14. The summed E-state index contributed by atoms with van der Waals surface area (Å²) in [5.41, 5.74) is 1.19. The molecule has 1 N–H and O–H groups in total. The molecule has 4 nitrogen and oxygen atoms in total. The number of nitrogens with zero attached hydrogens (tertiary/aromatic N) is 1. The molecular formula is C17H24N2O2. The molecule has 21 heavy (non-hydrogen) atoms. The SMILES string of the molecule is CC(NC1CCCC(C2CC2)C1)c1cccc([N+](=O)[O-])c1. The van der Waals surface area contributed by atoms with Crippen LogP contribution in [0, 0.1) is 22.0 Å². The van der Waals surface area contributed by atoms with Crippen LogP contribution in [-0.2, 0) is 0 Å². The number of nitrogens with one attached hydrogen (secondary N) is 1. The van der Waals surface area contributed by atoms with E-state index in [1.165, 1.54) is 38.5 Å². The Labute approximate surface area is 126 Å². The Hall–Kier alpha value is -1.42. The monoisotopic (exact) mass is 288 g/mol. The lowest BCUT2D eigenvalue weighted by molar-refractivity contribution is -0.384. The van der Waals surface area contributed by atoms with Gasteiger partial charge in [-0.1, -0.05) is 25.0 Å². The molecule has 3 rings (SSSR count). The maximum absolute atomic E-state index is 10.9. The van der Waals surface area contributed by atoms with E-state index in [1.54, 1.807) is 18.2 Å². The molecule has 114 valence electrons. The lowest BCUT2D eigenvalue weighted by Gasteiger charge is -2.32. The normalized spacial score (nSPS) is 27.3. The minimum atomic E-state index is -0.319. The predicted molar refractivity (Wildman–Crippen MR) is 83.1 cm³/mol. The molecule has 2 saturated carbocycles. The third kappa shape index (κ3) is 3.62. The van der Waals surface area contributed by atoms with Crippen molar-refractivity contribution >= 4 is 5.69 Å². The summed E-state index contributed by atoms with van der Waals surface area (Å²) in [5, 5.41) is 14.6. The summed E-state index contributed by atoms with van der Waals surface area (Å²) in [6, 6.07) is 7.75. The van der Waals surface area contributed by atoms with E-state index in [1.807, 2.05) is 6.07 Å². The first-order valence-electron chi connectivity index (χ1n) is 8.14. The van der Waals surface area contributed by atoms with E-state index >= 15 is 0 Å². The summed E-state index contributed by atoms with van der Waals surface area (Å²) in [7, 11) is 0. The first-order chi connectivity index (χ1) is 10.1. The highest BCUT2D eigenvalue weighted by Crippen LogP contribution is 2.44. The van der Waals surface area contributed by atoms with Crippen molar-refractivity contribution < 1.29 is 4.92 Å². The van der Waals surface area contributed by atoms with Crippen molar-refractivity contribution in [1.29, 1.82) is 0 Å². The van der Waals surface area contributed by atoms with E-state index in [9.17, 15) is 10.1 Å². The number of hydrogen-bond donors (Lipinski definition) is 1. The maximum atomic E-state index is 10.9. The van der Waals surface area contributed by atoms with Crippen LogP contribution in [0.15, 0.2) is 24.3 Å². The Kier molecular flexibility index (Phi) is 4.24. The molecular weight excluding hydrogens is 264 g/mol. The minimum Gasteiger partial charge on any atom is -0.307 e. The standard InChI is InChI=1S/C17H24N2O2/c1-12(14-4-3-7-17(11-14)19(20)21)18-16-6-2-5-15(10-16)13-8-9-13/h3-4,7,11-13,15-16,18H,2,5-6,8-10H2,1H3. The number of benzene rings is 1. The highest BCUT2D eigenvalue weighted by atomic mass is 16.6. The summed E-state index contributed by atoms with van der Waals surface area (Å²) < 4.78 is 0. The van der Waals surface area contributed by atoms with Crippen LogP contribution in [0.3, 0.4) is 0 Å². The van der Waals surface area contributed by atoms with Crippen molar-refractivity contribution in [2.75, 3.05) is 0 Å². The summed E-state index contributed by atoms with van der Waals surface area (Å²) in [6.45, 7) is 2.11. The van der Waals surface area contributed by atoms with Crippen molar-refractivity contribution in [2.24, 2.45) is 11.8 Å². The van der Waals surface area contributed by atoms with Gasteiger partial charge < -0.3 is 5.32 Å². The third-order valence-corrected chi connectivity index (χ3v) is 5.07. The van der Waals surface area contributed by atoms with Gasteiger partial charge in [0, 0.05) is 24.2 Å². The molecule has 1 aromatic rings. The van der Waals surface area contributed by atoms with Crippen LogP contribution in [0.25, 0.3) is 0 Å². The van der Waals surface area contributed by atoms with Gasteiger partial charge in [0.2, 0.25) is 0 Å².